The number of hydrogen-bond donors (Lipinski definition) is 1. The van der Waals surface area contributed by atoms with E-state index in [0.717, 1.165) is 10.0 Å². The zero-order valence-electron chi connectivity index (χ0n) is 14.7. The van der Waals surface area contributed by atoms with Gasteiger partial charge < -0.3 is 14.8 Å². The van der Waals surface area contributed by atoms with Crippen molar-refractivity contribution in [1.82, 2.24) is 5.32 Å². The molecule has 5 nitrogen and oxygen atoms in total. The summed E-state index contributed by atoms with van der Waals surface area (Å²) in [6.07, 6.45) is 1.09. The molecule has 0 aliphatic carbocycles. The Morgan fingerprint density at radius 1 is 1.04 bits per heavy atom. The Morgan fingerprint density at radius 3 is 2.42 bits per heavy atom. The van der Waals surface area contributed by atoms with Gasteiger partial charge in [0, 0.05) is 10.9 Å². The SMILES string of the molecule is Cc1ccc(CCC(=O)NCCOC(=O)COc2ccc(Br)cc2)cc1. The maximum Gasteiger partial charge on any atom is 0.344 e. The number of carbonyl (C=O) groups excluding carboxylic acids is 2. The third-order valence-electron chi connectivity index (χ3n) is 3.62. The first kappa shape index (κ1) is 20.0. The molecule has 2 aromatic carbocycles. The summed E-state index contributed by atoms with van der Waals surface area (Å²) in [5, 5.41) is 2.74. The van der Waals surface area contributed by atoms with Crippen LogP contribution in [0.1, 0.15) is 17.5 Å². The Morgan fingerprint density at radius 2 is 1.73 bits per heavy atom. The maximum atomic E-state index is 11.8. The van der Waals surface area contributed by atoms with E-state index in [-0.39, 0.29) is 25.7 Å². The lowest BCUT2D eigenvalue weighted by atomic mass is 10.1. The molecule has 0 atom stereocenters. The van der Waals surface area contributed by atoms with Crippen molar-refractivity contribution in [2.24, 2.45) is 0 Å². The van der Waals surface area contributed by atoms with Crippen molar-refractivity contribution >= 4 is 27.8 Å². The number of nitrogens with one attached hydrogen (secondary N) is 1. The van der Waals surface area contributed by atoms with Gasteiger partial charge in [0.2, 0.25) is 5.91 Å². The van der Waals surface area contributed by atoms with E-state index >= 15 is 0 Å². The Labute approximate surface area is 161 Å². The second-order valence-corrected chi connectivity index (χ2v) is 6.71. The third-order valence-corrected chi connectivity index (χ3v) is 4.15. The monoisotopic (exact) mass is 419 g/mol. The van der Waals surface area contributed by atoms with E-state index in [4.69, 9.17) is 9.47 Å². The fourth-order valence-electron chi connectivity index (χ4n) is 2.17. The van der Waals surface area contributed by atoms with Gasteiger partial charge in [-0.25, -0.2) is 4.79 Å². The van der Waals surface area contributed by atoms with Gasteiger partial charge in [-0.15, -0.1) is 0 Å². The van der Waals surface area contributed by atoms with Crippen molar-refractivity contribution in [2.75, 3.05) is 19.8 Å². The van der Waals surface area contributed by atoms with E-state index in [2.05, 4.69) is 21.2 Å². The minimum absolute atomic E-state index is 0.0623. The molecular formula is C20H22BrNO4. The Kier molecular flexibility index (Phi) is 8.15. The molecule has 0 saturated heterocycles. The van der Waals surface area contributed by atoms with Gasteiger partial charge in [0.05, 0.1) is 6.54 Å². The molecule has 0 aliphatic heterocycles. The number of aryl methyl sites for hydroxylation is 2. The molecule has 0 aromatic heterocycles. The van der Waals surface area contributed by atoms with Gasteiger partial charge in [-0.1, -0.05) is 45.8 Å². The standard InChI is InChI=1S/C20H22BrNO4/c1-15-2-4-16(5-3-15)6-11-19(23)22-12-13-25-20(24)14-26-18-9-7-17(21)8-10-18/h2-5,7-10H,6,11-14H2,1H3,(H,22,23). The van der Waals surface area contributed by atoms with E-state index < -0.39 is 5.97 Å². The zero-order valence-corrected chi connectivity index (χ0v) is 16.3. The molecule has 6 heteroatoms. The van der Waals surface area contributed by atoms with Crippen LogP contribution in [0.25, 0.3) is 0 Å². The van der Waals surface area contributed by atoms with Crippen LogP contribution in [-0.2, 0) is 20.7 Å². The van der Waals surface area contributed by atoms with Gasteiger partial charge in [0.1, 0.15) is 12.4 Å². The Balaban J connectivity index is 1.54. The molecule has 0 saturated carbocycles. The van der Waals surface area contributed by atoms with Crippen LogP contribution in [0.15, 0.2) is 53.0 Å². The highest BCUT2D eigenvalue weighted by molar-refractivity contribution is 9.10. The topological polar surface area (TPSA) is 64.6 Å². The molecule has 0 bridgehead atoms. The number of esters is 1. The van der Waals surface area contributed by atoms with Crippen molar-refractivity contribution in [3.63, 3.8) is 0 Å². The van der Waals surface area contributed by atoms with Crippen LogP contribution in [-0.4, -0.2) is 31.6 Å². The van der Waals surface area contributed by atoms with E-state index in [1.54, 1.807) is 12.1 Å². The fraction of sp³-hybridized carbons (Fsp3) is 0.300. The molecule has 0 radical (unpaired) electrons. The highest BCUT2D eigenvalue weighted by Crippen LogP contribution is 2.15. The summed E-state index contributed by atoms with van der Waals surface area (Å²) >= 11 is 3.32. The summed E-state index contributed by atoms with van der Waals surface area (Å²) in [4.78, 5) is 23.4. The third kappa shape index (κ3) is 7.70. The van der Waals surface area contributed by atoms with Crippen LogP contribution >= 0.6 is 15.9 Å². The molecule has 138 valence electrons. The average molecular weight is 420 g/mol. The number of hydrogen-bond acceptors (Lipinski definition) is 4. The number of benzene rings is 2. The van der Waals surface area contributed by atoms with Gasteiger partial charge in [-0.3, -0.25) is 4.79 Å². The van der Waals surface area contributed by atoms with Crippen molar-refractivity contribution in [2.45, 2.75) is 19.8 Å². The molecular weight excluding hydrogens is 398 g/mol. The van der Waals surface area contributed by atoms with Gasteiger partial charge in [0.25, 0.3) is 0 Å². The summed E-state index contributed by atoms with van der Waals surface area (Å²) in [6, 6.07) is 15.3. The normalized spacial score (nSPS) is 10.2. The molecule has 2 aromatic rings. The summed E-state index contributed by atoms with van der Waals surface area (Å²) in [7, 11) is 0. The van der Waals surface area contributed by atoms with E-state index in [9.17, 15) is 9.59 Å². The second kappa shape index (κ2) is 10.6. The van der Waals surface area contributed by atoms with Crippen LogP contribution in [0.2, 0.25) is 0 Å². The van der Waals surface area contributed by atoms with Gasteiger partial charge >= 0.3 is 5.97 Å². The molecule has 0 aliphatic rings. The van der Waals surface area contributed by atoms with E-state index in [1.165, 1.54) is 5.56 Å². The van der Waals surface area contributed by atoms with Gasteiger partial charge in [0.15, 0.2) is 6.61 Å². The predicted molar refractivity (Wildman–Crippen MR) is 103 cm³/mol. The first-order valence-electron chi connectivity index (χ1n) is 8.39. The summed E-state index contributed by atoms with van der Waals surface area (Å²) in [6.45, 7) is 2.28. The van der Waals surface area contributed by atoms with Gasteiger partial charge in [-0.2, -0.15) is 0 Å². The Bertz CT molecular complexity index is 650. The van der Waals surface area contributed by atoms with Crippen molar-refractivity contribution in [3.8, 4) is 5.75 Å². The molecule has 0 spiro atoms. The largest absolute Gasteiger partial charge is 0.482 e. The fourth-order valence-corrected chi connectivity index (χ4v) is 2.44. The average Bonchev–Trinajstić information content (AvgIpc) is 2.64. The molecule has 2 rings (SSSR count). The molecule has 0 heterocycles. The number of amides is 1. The second-order valence-electron chi connectivity index (χ2n) is 5.80. The van der Waals surface area contributed by atoms with Crippen LogP contribution in [0.4, 0.5) is 0 Å². The number of ether oxygens (including phenoxy) is 2. The number of halogens is 1. The molecule has 1 N–H and O–H groups in total. The molecule has 26 heavy (non-hydrogen) atoms. The van der Waals surface area contributed by atoms with Crippen LogP contribution in [0, 0.1) is 6.92 Å². The first-order chi connectivity index (χ1) is 12.5. The minimum atomic E-state index is -0.471. The maximum absolute atomic E-state index is 11.8. The highest BCUT2D eigenvalue weighted by Gasteiger charge is 2.06. The number of carbonyl (C=O) groups is 2. The van der Waals surface area contributed by atoms with Crippen LogP contribution < -0.4 is 10.1 Å². The summed E-state index contributed by atoms with van der Waals surface area (Å²) in [5.74, 6) is 0.0594. The van der Waals surface area contributed by atoms with Crippen molar-refractivity contribution in [3.05, 3.63) is 64.1 Å². The lowest BCUT2D eigenvalue weighted by Gasteiger charge is -2.08. The summed E-state index contributed by atoms with van der Waals surface area (Å²) in [5.41, 5.74) is 2.33. The van der Waals surface area contributed by atoms with Crippen molar-refractivity contribution in [1.29, 1.82) is 0 Å². The smallest absolute Gasteiger partial charge is 0.344 e. The van der Waals surface area contributed by atoms with Crippen molar-refractivity contribution < 1.29 is 19.1 Å². The number of rotatable bonds is 9. The quantitative estimate of drug-likeness (QED) is 0.499. The summed E-state index contributed by atoms with van der Waals surface area (Å²) < 4.78 is 11.3. The Hall–Kier alpha value is -2.34. The lowest BCUT2D eigenvalue weighted by molar-refractivity contribution is -0.146. The lowest BCUT2D eigenvalue weighted by Crippen LogP contribution is -2.29. The zero-order chi connectivity index (χ0) is 18.8. The molecule has 0 unspecified atom stereocenters. The molecule has 1 amide bonds. The first-order valence-corrected chi connectivity index (χ1v) is 9.18. The minimum Gasteiger partial charge on any atom is -0.482 e. The van der Waals surface area contributed by atoms with Crippen LogP contribution in [0.3, 0.4) is 0 Å². The van der Waals surface area contributed by atoms with Gasteiger partial charge in [-0.05, 0) is 43.2 Å². The highest BCUT2D eigenvalue weighted by atomic mass is 79.9. The predicted octanol–water partition coefficient (Wildman–Crippen LogP) is 3.43. The van der Waals surface area contributed by atoms with Crippen LogP contribution in [0.5, 0.6) is 5.75 Å². The molecule has 0 fully saturated rings. The van der Waals surface area contributed by atoms with E-state index in [1.807, 2.05) is 43.3 Å². The van der Waals surface area contributed by atoms with E-state index in [0.29, 0.717) is 18.6 Å².